The molecule has 0 aromatic heterocycles. The molecule has 259 valence electrons. The van der Waals surface area contributed by atoms with Crippen molar-refractivity contribution in [1.29, 1.82) is 0 Å². The van der Waals surface area contributed by atoms with E-state index >= 15 is 0 Å². The fraction of sp³-hybridized carbons (Fsp3) is 0.955. The Balaban J connectivity index is 2.25. The van der Waals surface area contributed by atoms with E-state index < -0.39 is 71.4 Å². The van der Waals surface area contributed by atoms with Crippen molar-refractivity contribution >= 4 is 87.8 Å². The standard InChI is InChI=1S/C22H51O14Si9/c1-10-21(9)22(23)25-19-18-20-45-30-39(12-3)27-42(15-6,31-40(24,13-4)32-45)35-43(16-7)28-38(11-2)29-44(17-8,36-45)34-41(14-5,26-37)33-43/h21,24H,10-20H2,1-9H3. The van der Waals surface area contributed by atoms with Crippen molar-refractivity contribution in [2.24, 2.45) is 5.92 Å². The zero-order chi connectivity index (χ0) is 33.6. The van der Waals surface area contributed by atoms with Gasteiger partial charge in [0.25, 0.3) is 0 Å². The first kappa shape index (κ1) is 40.4. The molecule has 6 heterocycles. The Morgan fingerprint density at radius 3 is 1.60 bits per heavy atom. The smallest absolute Gasteiger partial charge is 0.465 e. The molecule has 6 saturated heterocycles. The first-order valence-electron chi connectivity index (χ1n) is 16.2. The normalized spacial score (nSPS) is 39.1. The molecular formula is C22H51O14Si9. The van der Waals surface area contributed by atoms with Crippen molar-refractivity contribution in [3.05, 3.63) is 0 Å². The predicted molar refractivity (Wildman–Crippen MR) is 179 cm³/mol. The SMILES string of the molecule is CCC(C)C(=O)OCCC[Si]12O[Si](CC)O[Si](CC)(O[Si](O)(CC)O1)O[Si]1(CC)O[Si](CC)O[Si](CC)(O2)O[Si](CC)(O[Si])O1. The summed E-state index contributed by atoms with van der Waals surface area (Å²) in [6.45, 7) is 17.2. The van der Waals surface area contributed by atoms with Crippen LogP contribution < -0.4 is 0 Å². The van der Waals surface area contributed by atoms with Crippen LogP contribution in [0.25, 0.3) is 0 Å². The Kier molecular flexibility index (Phi) is 15.0. The van der Waals surface area contributed by atoms with Gasteiger partial charge in [-0.3, -0.25) is 4.79 Å². The highest BCUT2D eigenvalue weighted by atomic mass is 28.6. The highest BCUT2D eigenvalue weighted by molar-refractivity contribution is 6.95. The minimum atomic E-state index is -4.08. The third-order valence-electron chi connectivity index (χ3n) is 7.75. The van der Waals surface area contributed by atoms with Gasteiger partial charge in [-0.25, -0.2) is 0 Å². The minimum absolute atomic E-state index is 0.119. The molecule has 7 unspecified atom stereocenters. The van der Waals surface area contributed by atoms with E-state index in [-0.39, 0.29) is 30.6 Å². The van der Waals surface area contributed by atoms with Gasteiger partial charge in [-0.15, -0.1) is 0 Å². The summed E-state index contributed by atoms with van der Waals surface area (Å²) in [4.78, 5) is 24.6. The molecule has 6 aliphatic heterocycles. The highest BCUT2D eigenvalue weighted by Gasteiger charge is 2.70. The van der Waals surface area contributed by atoms with Crippen molar-refractivity contribution in [2.75, 3.05) is 6.61 Å². The second-order valence-electron chi connectivity index (χ2n) is 11.0. The molecule has 4 bridgehead atoms. The van der Waals surface area contributed by atoms with Gasteiger partial charge in [0.05, 0.1) is 12.5 Å². The van der Waals surface area contributed by atoms with Gasteiger partial charge >= 0.3 is 77.4 Å². The van der Waals surface area contributed by atoms with Crippen molar-refractivity contribution in [1.82, 2.24) is 0 Å². The molecule has 1 N–H and O–H groups in total. The van der Waals surface area contributed by atoms with Crippen molar-refractivity contribution in [2.45, 2.75) is 124 Å². The third kappa shape index (κ3) is 9.59. The van der Waals surface area contributed by atoms with E-state index in [0.29, 0.717) is 49.1 Å². The molecule has 0 aromatic rings. The van der Waals surface area contributed by atoms with E-state index in [0.717, 1.165) is 0 Å². The monoisotopic (exact) mass is 791 g/mol. The number of hydrogen-bond donors (Lipinski definition) is 1. The van der Waals surface area contributed by atoms with Crippen LogP contribution in [0.5, 0.6) is 0 Å². The molecule has 0 saturated carbocycles. The summed E-state index contributed by atoms with van der Waals surface area (Å²) in [7, 11) is -24.0. The Morgan fingerprint density at radius 2 is 1.18 bits per heavy atom. The van der Waals surface area contributed by atoms with Crippen LogP contribution >= 0.6 is 0 Å². The first-order valence-corrected chi connectivity index (χ1v) is 31.3. The maximum Gasteiger partial charge on any atom is 0.483 e. The van der Waals surface area contributed by atoms with Gasteiger partial charge in [-0.2, -0.15) is 0 Å². The fourth-order valence-corrected chi connectivity index (χ4v) is 43.7. The largest absolute Gasteiger partial charge is 0.483 e. The van der Waals surface area contributed by atoms with Crippen LogP contribution in [0, 0.1) is 5.92 Å². The van der Waals surface area contributed by atoms with Crippen LogP contribution in [0.15, 0.2) is 0 Å². The molecule has 6 aliphatic rings. The summed E-state index contributed by atoms with van der Waals surface area (Å²) in [6, 6.07) is 2.75. The van der Waals surface area contributed by atoms with Crippen molar-refractivity contribution in [3.63, 3.8) is 0 Å². The number of esters is 1. The Morgan fingerprint density at radius 1 is 0.711 bits per heavy atom. The zero-order valence-electron chi connectivity index (χ0n) is 28.1. The molecular weight excluding hydrogens is 741 g/mol. The average molecular weight is 792 g/mol. The van der Waals surface area contributed by atoms with E-state index in [4.69, 9.17) is 50.0 Å². The van der Waals surface area contributed by atoms with Gasteiger partial charge in [-0.05, 0) is 24.9 Å². The van der Waals surface area contributed by atoms with E-state index in [1.807, 2.05) is 55.4 Å². The summed E-state index contributed by atoms with van der Waals surface area (Å²) in [5.74, 6) is -0.492. The maximum absolute atomic E-state index is 12.5. The quantitative estimate of drug-likeness (QED) is 0.154. The Labute approximate surface area is 282 Å². The molecule has 14 nitrogen and oxygen atoms in total. The lowest BCUT2D eigenvalue weighted by Gasteiger charge is -2.53. The van der Waals surface area contributed by atoms with Crippen LogP contribution in [0.3, 0.4) is 0 Å². The van der Waals surface area contributed by atoms with Gasteiger partial charge in [-0.1, -0.05) is 62.3 Å². The zero-order valence-corrected chi connectivity index (χ0v) is 37.1. The lowest BCUT2D eigenvalue weighted by Crippen LogP contribution is -2.77. The molecule has 0 spiro atoms. The Bertz CT molecular complexity index is 976. The number of rotatable bonds is 14. The van der Waals surface area contributed by atoms with Gasteiger partial charge in [0.1, 0.15) is 0 Å². The summed E-state index contributed by atoms with van der Waals surface area (Å²) < 4.78 is 80.1. The van der Waals surface area contributed by atoms with Gasteiger partial charge in [0.2, 0.25) is 10.5 Å². The van der Waals surface area contributed by atoms with Gasteiger partial charge in [0.15, 0.2) is 0 Å². The highest BCUT2D eigenvalue weighted by Crippen LogP contribution is 2.43. The van der Waals surface area contributed by atoms with E-state index in [1.165, 1.54) is 0 Å². The lowest BCUT2D eigenvalue weighted by molar-refractivity contribution is -0.148. The second kappa shape index (κ2) is 16.8. The molecule has 0 aliphatic carbocycles. The predicted octanol–water partition coefficient (Wildman–Crippen LogP) is 4.01. The number of carbonyl (C=O) groups excluding carboxylic acids is 1. The number of ether oxygens (including phenoxy) is 1. The topological polar surface area (TPSA) is 148 Å². The van der Waals surface area contributed by atoms with E-state index in [9.17, 15) is 9.59 Å². The van der Waals surface area contributed by atoms with Gasteiger partial charge in [0, 0.05) is 36.3 Å². The molecule has 5 radical (unpaired) electrons. The fourth-order valence-electron chi connectivity index (χ4n) is 4.72. The van der Waals surface area contributed by atoms with Crippen LogP contribution in [0.2, 0.25) is 48.4 Å². The number of carbonyl (C=O) groups is 1. The van der Waals surface area contributed by atoms with E-state index in [2.05, 4.69) is 10.5 Å². The second-order valence-corrected chi connectivity index (χ2v) is 35.2. The van der Waals surface area contributed by atoms with Crippen LogP contribution in [-0.4, -0.2) is 99.3 Å². The van der Waals surface area contributed by atoms with Crippen molar-refractivity contribution in [3.8, 4) is 0 Å². The molecule has 45 heavy (non-hydrogen) atoms. The van der Waals surface area contributed by atoms with Gasteiger partial charge < -0.3 is 54.8 Å². The molecule has 6 rings (SSSR count). The first-order chi connectivity index (χ1) is 21.2. The molecule has 6 fully saturated rings. The summed E-state index contributed by atoms with van der Waals surface area (Å²) in [6.07, 6.45) is 1.02. The summed E-state index contributed by atoms with van der Waals surface area (Å²) >= 11 is 0. The average Bonchev–Trinajstić information content (AvgIpc) is 3.02. The third-order valence-corrected chi connectivity index (χ3v) is 39.1. The Hall–Kier alpha value is 0.942. The molecule has 0 aromatic carbocycles. The molecule has 7 atom stereocenters. The van der Waals surface area contributed by atoms with E-state index in [1.54, 1.807) is 6.92 Å². The van der Waals surface area contributed by atoms with Crippen LogP contribution in [0.1, 0.15) is 75.2 Å². The molecule has 23 heteroatoms. The number of hydrogen-bond acceptors (Lipinski definition) is 14. The lowest BCUT2D eigenvalue weighted by atomic mass is 10.1. The summed E-state index contributed by atoms with van der Waals surface area (Å²) in [5, 5.41) is 0. The summed E-state index contributed by atoms with van der Waals surface area (Å²) in [5.41, 5.74) is 0. The maximum atomic E-state index is 12.5. The molecule has 0 amide bonds. The van der Waals surface area contributed by atoms with Crippen LogP contribution in [-0.2, 0) is 54.8 Å². The van der Waals surface area contributed by atoms with Crippen molar-refractivity contribution < 1.29 is 59.6 Å². The minimum Gasteiger partial charge on any atom is -0.465 e. The van der Waals surface area contributed by atoms with Crippen LogP contribution in [0.4, 0.5) is 0 Å².